The number of hydrogen-bond donors (Lipinski definition) is 1. The van der Waals surface area contributed by atoms with Gasteiger partial charge >= 0.3 is 5.97 Å². The summed E-state index contributed by atoms with van der Waals surface area (Å²) < 4.78 is 0. The van der Waals surface area contributed by atoms with Gasteiger partial charge in [-0.1, -0.05) is 41.4 Å². The van der Waals surface area contributed by atoms with Crippen LogP contribution in [-0.2, 0) is 4.79 Å². The summed E-state index contributed by atoms with van der Waals surface area (Å²) in [4.78, 5) is 10.6. The van der Waals surface area contributed by atoms with Crippen molar-refractivity contribution >= 4 is 46.6 Å². The van der Waals surface area contributed by atoms with Gasteiger partial charge in [0.1, 0.15) is 0 Å². The zero-order valence-electron chi connectivity index (χ0n) is 8.77. The quantitative estimate of drug-likeness (QED) is 0.912. The lowest BCUT2D eigenvalue weighted by Gasteiger charge is -1.99. The van der Waals surface area contributed by atoms with E-state index in [4.69, 9.17) is 28.3 Å². The molecule has 0 radical (unpaired) electrons. The Hall–Kier alpha value is -0.700. The van der Waals surface area contributed by atoms with Crippen LogP contribution in [0.5, 0.6) is 0 Å². The molecule has 1 aromatic rings. The molecule has 17 heavy (non-hydrogen) atoms. The van der Waals surface area contributed by atoms with Gasteiger partial charge in [-0.3, -0.25) is 4.79 Å². The van der Waals surface area contributed by atoms with Gasteiger partial charge < -0.3 is 5.11 Å². The second-order valence-electron chi connectivity index (χ2n) is 3.87. The second-order valence-corrected chi connectivity index (χ2v) is 4.71. The highest BCUT2D eigenvalue weighted by molar-refractivity contribution is 6.48. The van der Waals surface area contributed by atoms with Crippen LogP contribution < -0.4 is 0 Å². The second kappa shape index (κ2) is 5.76. The van der Waals surface area contributed by atoms with Crippen LogP contribution in [0.1, 0.15) is 12.0 Å². The first-order chi connectivity index (χ1) is 7.58. The van der Waals surface area contributed by atoms with Gasteiger partial charge in [0.2, 0.25) is 0 Å². The number of benzene rings is 1. The summed E-state index contributed by atoms with van der Waals surface area (Å²) in [6.07, 6.45) is 2.49. The molecule has 1 fully saturated rings. The fourth-order valence-corrected chi connectivity index (χ4v) is 1.99. The molecule has 1 saturated carbocycles. The molecule has 1 aliphatic rings. The number of allylic oxidation sites excluding steroid dienone is 1. The summed E-state index contributed by atoms with van der Waals surface area (Å²) in [5, 5.41) is 10.00. The lowest BCUT2D eigenvalue weighted by Crippen LogP contribution is -1.98. The average Bonchev–Trinajstić information content (AvgIpc) is 2.98. The van der Waals surface area contributed by atoms with Crippen LogP contribution in [0.25, 0.3) is 5.03 Å². The monoisotopic (exact) mass is 292 g/mol. The minimum atomic E-state index is -0.748. The van der Waals surface area contributed by atoms with Gasteiger partial charge in [0.15, 0.2) is 0 Å². The molecule has 0 spiro atoms. The molecule has 0 amide bonds. The van der Waals surface area contributed by atoms with Crippen molar-refractivity contribution in [3.05, 3.63) is 40.9 Å². The number of halogens is 3. The third-order valence-electron chi connectivity index (χ3n) is 2.64. The van der Waals surface area contributed by atoms with Gasteiger partial charge in [-0.15, -0.1) is 12.4 Å². The standard InChI is InChI=1S/C12H10Cl2O2.ClH/c13-9-3-1-7(2-4-9)11(14)6-8-5-10(8)12(15)16;/h1-4,6,8,10H,5H2,(H,15,16);1H. The largest absolute Gasteiger partial charge is 0.481 e. The van der Waals surface area contributed by atoms with Crippen molar-refractivity contribution in [1.29, 1.82) is 0 Å². The third-order valence-corrected chi connectivity index (χ3v) is 3.23. The number of aliphatic carboxylic acids is 1. The molecule has 1 aromatic carbocycles. The molecule has 2 rings (SSSR count). The maximum absolute atomic E-state index is 10.6. The SMILES string of the molecule is Cl.O=C(O)C1CC1C=C(Cl)c1ccc(Cl)cc1. The number of rotatable bonds is 3. The van der Waals surface area contributed by atoms with Gasteiger partial charge in [0.25, 0.3) is 0 Å². The molecule has 2 nitrogen and oxygen atoms in total. The predicted octanol–water partition coefficient (Wildman–Crippen LogP) is 4.06. The average molecular weight is 294 g/mol. The highest BCUT2D eigenvalue weighted by atomic mass is 35.5. The fraction of sp³-hybridized carbons (Fsp3) is 0.250. The summed E-state index contributed by atoms with van der Waals surface area (Å²) in [6, 6.07) is 7.15. The van der Waals surface area contributed by atoms with Gasteiger partial charge in [-0.25, -0.2) is 0 Å². The van der Waals surface area contributed by atoms with E-state index in [9.17, 15) is 4.79 Å². The molecule has 2 unspecified atom stereocenters. The zero-order valence-corrected chi connectivity index (χ0v) is 11.1. The van der Waals surface area contributed by atoms with Crippen LogP contribution in [0, 0.1) is 11.8 Å². The first-order valence-electron chi connectivity index (χ1n) is 4.94. The van der Waals surface area contributed by atoms with E-state index in [1.165, 1.54) is 0 Å². The lowest BCUT2D eigenvalue weighted by molar-refractivity contribution is -0.138. The van der Waals surface area contributed by atoms with Crippen molar-refractivity contribution in [3.63, 3.8) is 0 Å². The van der Waals surface area contributed by atoms with Crippen molar-refractivity contribution in [2.24, 2.45) is 11.8 Å². The van der Waals surface area contributed by atoms with E-state index < -0.39 is 5.97 Å². The van der Waals surface area contributed by atoms with E-state index in [-0.39, 0.29) is 24.2 Å². The molecule has 0 saturated heterocycles. The summed E-state index contributed by atoms with van der Waals surface area (Å²) in [7, 11) is 0. The summed E-state index contributed by atoms with van der Waals surface area (Å²) in [5.74, 6) is -0.941. The Morgan fingerprint density at radius 2 is 1.94 bits per heavy atom. The van der Waals surface area contributed by atoms with E-state index in [2.05, 4.69) is 0 Å². The first kappa shape index (κ1) is 14.4. The Bertz CT molecular complexity index is 440. The van der Waals surface area contributed by atoms with Crippen LogP contribution in [0.15, 0.2) is 30.3 Å². The molecule has 0 bridgehead atoms. The van der Waals surface area contributed by atoms with Gasteiger partial charge in [-0.05, 0) is 30.0 Å². The Balaban J connectivity index is 0.00000144. The number of hydrogen-bond acceptors (Lipinski definition) is 1. The van der Waals surface area contributed by atoms with Crippen LogP contribution in [0.4, 0.5) is 0 Å². The summed E-state index contributed by atoms with van der Waals surface area (Å²) >= 11 is 11.8. The fourth-order valence-electron chi connectivity index (χ4n) is 1.58. The molecular formula is C12H11Cl3O2. The minimum absolute atomic E-state index is 0. The molecule has 5 heteroatoms. The molecule has 1 aliphatic carbocycles. The van der Waals surface area contributed by atoms with E-state index >= 15 is 0 Å². The van der Waals surface area contributed by atoms with Crippen molar-refractivity contribution in [3.8, 4) is 0 Å². The van der Waals surface area contributed by atoms with Crippen LogP contribution in [0.2, 0.25) is 5.02 Å². The molecule has 0 heterocycles. The van der Waals surface area contributed by atoms with Gasteiger partial charge in [0, 0.05) is 10.1 Å². The molecule has 0 aliphatic heterocycles. The Labute approximate surface area is 116 Å². The Morgan fingerprint density at radius 1 is 1.35 bits per heavy atom. The smallest absolute Gasteiger partial charge is 0.307 e. The van der Waals surface area contributed by atoms with E-state index in [1.54, 1.807) is 12.1 Å². The van der Waals surface area contributed by atoms with Crippen molar-refractivity contribution in [2.75, 3.05) is 0 Å². The first-order valence-corrected chi connectivity index (χ1v) is 5.69. The van der Waals surface area contributed by atoms with Crippen molar-refractivity contribution in [2.45, 2.75) is 6.42 Å². The van der Waals surface area contributed by atoms with Gasteiger partial charge in [-0.2, -0.15) is 0 Å². The number of carboxylic acid groups (broad SMARTS) is 1. The molecule has 92 valence electrons. The number of carboxylic acids is 1. The van der Waals surface area contributed by atoms with Crippen molar-refractivity contribution < 1.29 is 9.90 Å². The van der Waals surface area contributed by atoms with E-state index in [1.807, 2.05) is 18.2 Å². The van der Waals surface area contributed by atoms with Crippen LogP contribution in [0.3, 0.4) is 0 Å². The third kappa shape index (κ3) is 3.63. The molecule has 0 aromatic heterocycles. The zero-order chi connectivity index (χ0) is 11.7. The Morgan fingerprint density at radius 3 is 2.41 bits per heavy atom. The predicted molar refractivity (Wildman–Crippen MR) is 71.8 cm³/mol. The maximum Gasteiger partial charge on any atom is 0.307 e. The van der Waals surface area contributed by atoms with Gasteiger partial charge in [0.05, 0.1) is 5.92 Å². The van der Waals surface area contributed by atoms with E-state index in [0.29, 0.717) is 16.5 Å². The topological polar surface area (TPSA) is 37.3 Å². The highest BCUT2D eigenvalue weighted by Crippen LogP contribution is 2.42. The Kier molecular flexibility index (Phi) is 4.87. The van der Waals surface area contributed by atoms with Crippen LogP contribution >= 0.6 is 35.6 Å². The highest BCUT2D eigenvalue weighted by Gasteiger charge is 2.41. The van der Waals surface area contributed by atoms with Crippen LogP contribution in [-0.4, -0.2) is 11.1 Å². The number of carbonyl (C=O) groups is 1. The lowest BCUT2D eigenvalue weighted by atomic mass is 10.2. The molecule has 1 N–H and O–H groups in total. The molecular weight excluding hydrogens is 282 g/mol. The molecule has 2 atom stereocenters. The normalized spacial score (nSPS) is 22.8. The van der Waals surface area contributed by atoms with E-state index in [0.717, 1.165) is 5.56 Å². The summed E-state index contributed by atoms with van der Waals surface area (Å²) in [5.41, 5.74) is 0.863. The summed E-state index contributed by atoms with van der Waals surface area (Å²) in [6.45, 7) is 0. The van der Waals surface area contributed by atoms with Crippen molar-refractivity contribution in [1.82, 2.24) is 0 Å². The maximum atomic E-state index is 10.6. The minimum Gasteiger partial charge on any atom is -0.481 e.